The minimum atomic E-state index is -4.39. The van der Waals surface area contributed by atoms with E-state index in [1.807, 2.05) is 0 Å². The molecule has 0 fully saturated rings. The quantitative estimate of drug-likeness (QED) is 0.621. The average Bonchev–Trinajstić information content (AvgIpc) is 2.43. The standard InChI is InChI=1S/C13H13F3N2O3/c14-13(15,16)9-21-8-6-18-12(20)11-10(4-2-7-19)3-1-5-17-11/h1,3,5,19H,6-9H2,(H,18,20). The van der Waals surface area contributed by atoms with Crippen LogP contribution in [0.25, 0.3) is 0 Å². The van der Waals surface area contributed by atoms with Crippen molar-refractivity contribution in [2.45, 2.75) is 6.18 Å². The van der Waals surface area contributed by atoms with Gasteiger partial charge in [0.05, 0.1) is 12.2 Å². The Morgan fingerprint density at radius 2 is 2.24 bits per heavy atom. The molecule has 0 unspecified atom stereocenters. The third-order valence-corrected chi connectivity index (χ3v) is 2.12. The number of rotatable bonds is 5. The molecule has 0 bridgehead atoms. The summed E-state index contributed by atoms with van der Waals surface area (Å²) in [5.74, 6) is 4.38. The molecule has 21 heavy (non-hydrogen) atoms. The summed E-state index contributed by atoms with van der Waals surface area (Å²) in [4.78, 5) is 15.7. The van der Waals surface area contributed by atoms with Gasteiger partial charge >= 0.3 is 6.18 Å². The molecule has 0 aliphatic carbocycles. The van der Waals surface area contributed by atoms with Crippen molar-refractivity contribution in [2.75, 3.05) is 26.4 Å². The van der Waals surface area contributed by atoms with Gasteiger partial charge in [-0.2, -0.15) is 13.2 Å². The first-order chi connectivity index (χ1) is 9.94. The van der Waals surface area contributed by atoms with E-state index in [0.717, 1.165) is 0 Å². The van der Waals surface area contributed by atoms with Gasteiger partial charge in [0.25, 0.3) is 5.91 Å². The Kier molecular flexibility index (Phi) is 6.65. The number of aliphatic hydroxyl groups is 1. The van der Waals surface area contributed by atoms with E-state index < -0.39 is 18.7 Å². The fourth-order valence-electron chi connectivity index (χ4n) is 1.33. The molecule has 8 heteroatoms. The first-order valence-electron chi connectivity index (χ1n) is 5.91. The van der Waals surface area contributed by atoms with E-state index in [0.29, 0.717) is 5.56 Å². The molecule has 0 saturated heterocycles. The van der Waals surface area contributed by atoms with Gasteiger partial charge in [0.15, 0.2) is 0 Å². The van der Waals surface area contributed by atoms with Gasteiger partial charge < -0.3 is 15.2 Å². The number of nitrogens with zero attached hydrogens (tertiary/aromatic N) is 1. The van der Waals surface area contributed by atoms with Crippen LogP contribution in [0.15, 0.2) is 18.3 Å². The smallest absolute Gasteiger partial charge is 0.384 e. The minimum Gasteiger partial charge on any atom is -0.384 e. The molecule has 114 valence electrons. The Labute approximate surface area is 119 Å². The summed E-state index contributed by atoms with van der Waals surface area (Å²) in [6.07, 6.45) is -3.00. The van der Waals surface area contributed by atoms with Crippen molar-refractivity contribution < 1.29 is 27.8 Å². The van der Waals surface area contributed by atoms with E-state index >= 15 is 0 Å². The largest absolute Gasteiger partial charge is 0.411 e. The summed E-state index contributed by atoms with van der Waals surface area (Å²) >= 11 is 0. The van der Waals surface area contributed by atoms with Crippen LogP contribution in [-0.4, -0.2) is 48.5 Å². The maximum atomic E-state index is 11.8. The fraction of sp³-hybridized carbons (Fsp3) is 0.385. The van der Waals surface area contributed by atoms with Crippen LogP contribution >= 0.6 is 0 Å². The van der Waals surface area contributed by atoms with E-state index in [-0.39, 0.29) is 25.5 Å². The van der Waals surface area contributed by atoms with Gasteiger partial charge in [0, 0.05) is 12.7 Å². The number of halogens is 3. The number of carbonyl (C=O) groups excluding carboxylic acids is 1. The maximum absolute atomic E-state index is 11.8. The third-order valence-electron chi connectivity index (χ3n) is 2.12. The second-order valence-corrected chi connectivity index (χ2v) is 3.78. The first-order valence-corrected chi connectivity index (χ1v) is 5.91. The zero-order valence-corrected chi connectivity index (χ0v) is 10.9. The Bertz CT molecular complexity index is 535. The zero-order chi connectivity index (χ0) is 15.7. The van der Waals surface area contributed by atoms with Crippen molar-refractivity contribution >= 4 is 5.91 Å². The van der Waals surface area contributed by atoms with E-state index in [1.54, 1.807) is 12.1 Å². The van der Waals surface area contributed by atoms with Crippen LogP contribution < -0.4 is 5.32 Å². The van der Waals surface area contributed by atoms with Gasteiger partial charge in [-0.3, -0.25) is 4.79 Å². The zero-order valence-electron chi connectivity index (χ0n) is 10.9. The molecule has 0 aromatic carbocycles. The van der Waals surface area contributed by atoms with Crippen LogP contribution in [0.1, 0.15) is 16.1 Å². The van der Waals surface area contributed by atoms with Crippen molar-refractivity contribution in [1.82, 2.24) is 10.3 Å². The number of carbonyl (C=O) groups is 1. The molecule has 1 rings (SSSR count). The van der Waals surface area contributed by atoms with Crippen molar-refractivity contribution in [3.05, 3.63) is 29.6 Å². The molecule has 0 spiro atoms. The molecule has 1 amide bonds. The SMILES string of the molecule is O=C(NCCOCC(F)(F)F)c1ncccc1C#CCO. The van der Waals surface area contributed by atoms with E-state index in [1.165, 1.54) is 6.20 Å². The lowest BCUT2D eigenvalue weighted by Crippen LogP contribution is -2.30. The third kappa shape index (κ3) is 6.74. The van der Waals surface area contributed by atoms with Crippen LogP contribution in [0.5, 0.6) is 0 Å². The lowest BCUT2D eigenvalue weighted by molar-refractivity contribution is -0.173. The van der Waals surface area contributed by atoms with Crippen molar-refractivity contribution in [1.29, 1.82) is 0 Å². The van der Waals surface area contributed by atoms with Gasteiger partial charge in [-0.1, -0.05) is 11.8 Å². The second kappa shape index (κ2) is 8.24. The lowest BCUT2D eigenvalue weighted by atomic mass is 10.2. The Morgan fingerprint density at radius 3 is 2.90 bits per heavy atom. The van der Waals surface area contributed by atoms with Crippen LogP contribution in [0.4, 0.5) is 13.2 Å². The van der Waals surface area contributed by atoms with Gasteiger partial charge in [-0.05, 0) is 12.1 Å². The van der Waals surface area contributed by atoms with Crippen LogP contribution in [0, 0.1) is 11.8 Å². The molecule has 0 aliphatic rings. The molecule has 1 aromatic heterocycles. The number of aliphatic hydroxyl groups excluding tert-OH is 1. The predicted octanol–water partition coefficient (Wildman–Crippen LogP) is 0.734. The van der Waals surface area contributed by atoms with Gasteiger partial charge in [-0.25, -0.2) is 4.98 Å². The number of nitrogens with one attached hydrogen (secondary N) is 1. The van der Waals surface area contributed by atoms with Gasteiger partial charge in [-0.15, -0.1) is 0 Å². The molecule has 1 heterocycles. The van der Waals surface area contributed by atoms with Crippen molar-refractivity contribution in [3.63, 3.8) is 0 Å². The van der Waals surface area contributed by atoms with Crippen molar-refractivity contribution in [3.8, 4) is 11.8 Å². The van der Waals surface area contributed by atoms with Crippen molar-refractivity contribution in [2.24, 2.45) is 0 Å². The predicted molar refractivity (Wildman–Crippen MR) is 67.4 cm³/mol. The summed E-state index contributed by atoms with van der Waals surface area (Å²) < 4.78 is 39.8. The highest BCUT2D eigenvalue weighted by Crippen LogP contribution is 2.13. The summed E-state index contributed by atoms with van der Waals surface area (Å²) in [5, 5.41) is 11.0. The number of amides is 1. The Hall–Kier alpha value is -2.11. The van der Waals surface area contributed by atoms with Crippen LogP contribution in [0.2, 0.25) is 0 Å². The molecule has 0 atom stereocenters. The molecule has 5 nitrogen and oxygen atoms in total. The highest BCUT2D eigenvalue weighted by molar-refractivity contribution is 5.94. The Balaban J connectivity index is 2.49. The molecule has 0 radical (unpaired) electrons. The van der Waals surface area contributed by atoms with Crippen LogP contribution in [-0.2, 0) is 4.74 Å². The topological polar surface area (TPSA) is 71.5 Å². The monoisotopic (exact) mass is 302 g/mol. The number of alkyl halides is 3. The summed E-state index contributed by atoms with van der Waals surface area (Å²) in [6, 6.07) is 3.12. The highest BCUT2D eigenvalue weighted by Gasteiger charge is 2.27. The van der Waals surface area contributed by atoms with E-state index in [2.05, 4.69) is 26.9 Å². The number of ether oxygens (including phenoxy) is 1. The number of hydrogen-bond donors (Lipinski definition) is 2. The van der Waals surface area contributed by atoms with Crippen LogP contribution in [0.3, 0.4) is 0 Å². The summed E-state index contributed by atoms with van der Waals surface area (Å²) in [7, 11) is 0. The van der Waals surface area contributed by atoms with E-state index in [9.17, 15) is 18.0 Å². The minimum absolute atomic E-state index is 0.0364. The van der Waals surface area contributed by atoms with E-state index in [4.69, 9.17) is 5.11 Å². The summed E-state index contributed by atoms with van der Waals surface area (Å²) in [6.45, 7) is -2.07. The molecule has 0 saturated carbocycles. The average molecular weight is 302 g/mol. The highest BCUT2D eigenvalue weighted by atomic mass is 19.4. The molecule has 0 aliphatic heterocycles. The normalized spacial score (nSPS) is 10.7. The maximum Gasteiger partial charge on any atom is 0.411 e. The molecular formula is C13H13F3N2O3. The molecule has 2 N–H and O–H groups in total. The Morgan fingerprint density at radius 1 is 1.48 bits per heavy atom. The second-order valence-electron chi connectivity index (χ2n) is 3.78. The van der Waals surface area contributed by atoms with Gasteiger partial charge in [0.1, 0.15) is 18.9 Å². The number of pyridine rings is 1. The molecular weight excluding hydrogens is 289 g/mol. The lowest BCUT2D eigenvalue weighted by Gasteiger charge is -2.08. The summed E-state index contributed by atoms with van der Waals surface area (Å²) in [5.41, 5.74) is 0.356. The first kappa shape index (κ1) is 16.9. The molecule has 1 aromatic rings. The number of aromatic nitrogens is 1. The fourth-order valence-corrected chi connectivity index (χ4v) is 1.33. The van der Waals surface area contributed by atoms with Gasteiger partial charge in [0.2, 0.25) is 0 Å². The number of hydrogen-bond acceptors (Lipinski definition) is 4.